The van der Waals surface area contributed by atoms with Gasteiger partial charge in [-0.3, -0.25) is 4.79 Å². The molecule has 5 heteroatoms. The van der Waals surface area contributed by atoms with Gasteiger partial charge in [-0.15, -0.1) is 0 Å². The second-order valence-corrected chi connectivity index (χ2v) is 4.34. The summed E-state index contributed by atoms with van der Waals surface area (Å²) >= 11 is 0. The molecule has 2 rings (SSSR count). The van der Waals surface area contributed by atoms with Gasteiger partial charge in [0.05, 0.1) is 5.69 Å². The van der Waals surface area contributed by atoms with Crippen molar-refractivity contribution in [2.45, 2.75) is 13.3 Å². The topological polar surface area (TPSA) is 75.1 Å². The van der Waals surface area contributed by atoms with E-state index >= 15 is 0 Å². The van der Waals surface area contributed by atoms with Crippen molar-refractivity contribution in [3.8, 4) is 0 Å². The average molecular weight is 246 g/mol. The number of aromatic nitrogens is 2. The summed E-state index contributed by atoms with van der Waals surface area (Å²) in [4.78, 5) is 25.7. The Morgan fingerprint density at radius 3 is 2.61 bits per heavy atom. The lowest BCUT2D eigenvalue weighted by atomic mass is 10.1. The Labute approximate surface area is 104 Å². The second kappa shape index (κ2) is 4.52. The minimum absolute atomic E-state index is 0.0503. The largest absolute Gasteiger partial charge is 0.477 e. The summed E-state index contributed by atoms with van der Waals surface area (Å²) in [5.41, 5.74) is 2.43. The number of carbonyl (C=O) groups is 2. The lowest BCUT2D eigenvalue weighted by Gasteiger charge is -1.95. The Balaban J connectivity index is 2.17. The van der Waals surface area contributed by atoms with Gasteiger partial charge in [-0.2, -0.15) is 0 Å². The first-order chi connectivity index (χ1) is 8.47. The van der Waals surface area contributed by atoms with Gasteiger partial charge < -0.3 is 14.7 Å². The highest BCUT2D eigenvalue weighted by molar-refractivity contribution is 5.96. The van der Waals surface area contributed by atoms with Gasteiger partial charge in [-0.25, -0.2) is 4.79 Å². The van der Waals surface area contributed by atoms with Crippen molar-refractivity contribution < 1.29 is 14.7 Å². The lowest BCUT2D eigenvalue weighted by Crippen LogP contribution is -2.03. The number of rotatable bonds is 4. The number of aromatic amines is 1. The first-order valence-corrected chi connectivity index (χ1v) is 5.54. The molecule has 0 aliphatic heterocycles. The van der Waals surface area contributed by atoms with Crippen molar-refractivity contribution in [2.24, 2.45) is 7.05 Å². The Morgan fingerprint density at radius 1 is 1.39 bits per heavy atom. The number of ketones is 1. The summed E-state index contributed by atoms with van der Waals surface area (Å²) in [6.07, 6.45) is 3.62. The van der Waals surface area contributed by atoms with E-state index in [-0.39, 0.29) is 17.9 Å². The van der Waals surface area contributed by atoms with Crippen LogP contribution in [0.2, 0.25) is 0 Å². The average Bonchev–Trinajstić information content (AvgIpc) is 2.85. The van der Waals surface area contributed by atoms with Crippen LogP contribution in [0, 0.1) is 6.92 Å². The van der Waals surface area contributed by atoms with E-state index in [1.54, 1.807) is 25.5 Å². The summed E-state index contributed by atoms with van der Waals surface area (Å²) in [6.45, 7) is 1.90. The molecule has 0 saturated carbocycles. The third-order valence-corrected chi connectivity index (χ3v) is 2.77. The maximum absolute atomic E-state index is 11.9. The number of carbonyl (C=O) groups excluding carboxylic acids is 1. The van der Waals surface area contributed by atoms with Gasteiger partial charge in [0.2, 0.25) is 0 Å². The normalized spacial score (nSPS) is 10.6. The molecular weight excluding hydrogens is 232 g/mol. The molecule has 0 aliphatic rings. The molecule has 0 unspecified atom stereocenters. The highest BCUT2D eigenvalue weighted by atomic mass is 16.4. The van der Waals surface area contributed by atoms with Gasteiger partial charge in [-0.1, -0.05) is 0 Å². The van der Waals surface area contributed by atoms with Gasteiger partial charge in [0.25, 0.3) is 0 Å². The third-order valence-electron chi connectivity index (χ3n) is 2.77. The Hall–Kier alpha value is -2.30. The molecule has 5 nitrogen and oxygen atoms in total. The summed E-state index contributed by atoms with van der Waals surface area (Å²) in [5.74, 6) is -1.04. The number of carboxylic acid groups (broad SMARTS) is 1. The molecule has 2 N–H and O–H groups in total. The van der Waals surface area contributed by atoms with E-state index in [9.17, 15) is 9.59 Å². The zero-order valence-electron chi connectivity index (χ0n) is 10.2. The fourth-order valence-corrected chi connectivity index (χ4v) is 1.89. The van der Waals surface area contributed by atoms with Crippen LogP contribution in [0.5, 0.6) is 0 Å². The van der Waals surface area contributed by atoms with Crippen molar-refractivity contribution in [1.82, 2.24) is 9.55 Å². The smallest absolute Gasteiger partial charge is 0.352 e. The van der Waals surface area contributed by atoms with Crippen LogP contribution in [0.25, 0.3) is 0 Å². The zero-order valence-corrected chi connectivity index (χ0v) is 10.2. The van der Waals surface area contributed by atoms with Crippen LogP contribution in [-0.4, -0.2) is 26.4 Å². The van der Waals surface area contributed by atoms with Crippen molar-refractivity contribution in [3.63, 3.8) is 0 Å². The predicted octanol–water partition coefficient (Wildman–Crippen LogP) is 1.79. The van der Waals surface area contributed by atoms with Gasteiger partial charge in [0.15, 0.2) is 5.78 Å². The van der Waals surface area contributed by atoms with E-state index in [2.05, 4.69) is 4.98 Å². The molecule has 0 aromatic carbocycles. The SMILES string of the molecule is Cc1c[nH]c(C(=O)Cc2cc(C(=O)O)n(C)c2)c1. The molecule has 0 atom stereocenters. The number of aryl methyl sites for hydroxylation is 2. The number of carboxylic acids is 1. The first-order valence-electron chi connectivity index (χ1n) is 5.54. The Bertz CT molecular complexity index is 608. The molecule has 0 saturated heterocycles. The molecule has 0 spiro atoms. The van der Waals surface area contributed by atoms with Crippen molar-refractivity contribution >= 4 is 11.8 Å². The molecule has 2 heterocycles. The van der Waals surface area contributed by atoms with Crippen LogP contribution in [0.1, 0.15) is 32.1 Å². The summed E-state index contributed by atoms with van der Waals surface area (Å²) in [6, 6.07) is 3.30. The van der Waals surface area contributed by atoms with Crippen LogP contribution < -0.4 is 0 Å². The monoisotopic (exact) mass is 246 g/mol. The van der Waals surface area contributed by atoms with E-state index in [0.29, 0.717) is 11.3 Å². The van der Waals surface area contributed by atoms with Crippen LogP contribution in [-0.2, 0) is 13.5 Å². The molecule has 2 aromatic rings. The zero-order chi connectivity index (χ0) is 13.3. The standard InChI is InChI=1S/C13H14N2O3/c1-8-3-10(14-6-8)12(16)5-9-4-11(13(17)18)15(2)7-9/h3-4,6-7,14H,5H2,1-2H3,(H,17,18). The summed E-state index contributed by atoms with van der Waals surface area (Å²) in [7, 11) is 1.65. The number of hydrogen-bond acceptors (Lipinski definition) is 2. The van der Waals surface area contributed by atoms with E-state index in [0.717, 1.165) is 5.56 Å². The number of nitrogens with one attached hydrogen (secondary N) is 1. The van der Waals surface area contributed by atoms with Gasteiger partial charge in [0, 0.05) is 25.9 Å². The van der Waals surface area contributed by atoms with Crippen LogP contribution in [0.15, 0.2) is 24.5 Å². The van der Waals surface area contributed by atoms with Crippen molar-refractivity contribution in [2.75, 3.05) is 0 Å². The molecule has 94 valence electrons. The van der Waals surface area contributed by atoms with E-state index in [4.69, 9.17) is 5.11 Å². The van der Waals surface area contributed by atoms with E-state index in [1.165, 1.54) is 10.6 Å². The van der Waals surface area contributed by atoms with Gasteiger partial charge >= 0.3 is 5.97 Å². The number of hydrogen-bond donors (Lipinski definition) is 2. The Kier molecular flexibility index (Phi) is 3.06. The number of H-pyrrole nitrogens is 1. The minimum atomic E-state index is -0.994. The second-order valence-electron chi connectivity index (χ2n) is 4.34. The molecule has 0 fully saturated rings. The molecule has 2 aromatic heterocycles. The number of nitrogens with zero attached hydrogens (tertiary/aromatic N) is 1. The fraction of sp³-hybridized carbons (Fsp3) is 0.231. The first kappa shape index (κ1) is 12.2. The van der Waals surface area contributed by atoms with Crippen molar-refractivity contribution in [3.05, 3.63) is 47.0 Å². The third kappa shape index (κ3) is 2.34. The highest BCUT2D eigenvalue weighted by Crippen LogP contribution is 2.11. The molecule has 0 amide bonds. The predicted molar refractivity (Wildman–Crippen MR) is 65.9 cm³/mol. The summed E-state index contributed by atoms with van der Waals surface area (Å²) in [5, 5.41) is 8.92. The van der Waals surface area contributed by atoms with E-state index < -0.39 is 5.97 Å². The molecule has 18 heavy (non-hydrogen) atoms. The van der Waals surface area contributed by atoms with Crippen LogP contribution in [0.3, 0.4) is 0 Å². The minimum Gasteiger partial charge on any atom is -0.477 e. The molecule has 0 bridgehead atoms. The lowest BCUT2D eigenvalue weighted by molar-refractivity contribution is 0.0686. The Morgan fingerprint density at radius 2 is 2.11 bits per heavy atom. The summed E-state index contributed by atoms with van der Waals surface area (Å²) < 4.78 is 1.50. The molecule has 0 radical (unpaired) electrons. The maximum atomic E-state index is 11.9. The van der Waals surface area contributed by atoms with E-state index in [1.807, 2.05) is 6.92 Å². The quantitative estimate of drug-likeness (QED) is 0.807. The highest BCUT2D eigenvalue weighted by Gasteiger charge is 2.14. The van der Waals surface area contributed by atoms with Gasteiger partial charge in [0.1, 0.15) is 5.69 Å². The molecule has 0 aliphatic carbocycles. The fourth-order valence-electron chi connectivity index (χ4n) is 1.89. The molecular formula is C13H14N2O3. The van der Waals surface area contributed by atoms with Crippen LogP contribution in [0.4, 0.5) is 0 Å². The maximum Gasteiger partial charge on any atom is 0.352 e. The van der Waals surface area contributed by atoms with Crippen LogP contribution >= 0.6 is 0 Å². The van der Waals surface area contributed by atoms with Gasteiger partial charge in [-0.05, 0) is 30.2 Å². The number of aromatic carboxylic acids is 1. The van der Waals surface area contributed by atoms with Crippen molar-refractivity contribution in [1.29, 1.82) is 0 Å². The number of Topliss-reactive ketones (excluding diaryl/α,β-unsaturated/α-hetero) is 1.